The summed E-state index contributed by atoms with van der Waals surface area (Å²) in [5, 5.41) is 7.20. The van der Waals surface area contributed by atoms with Gasteiger partial charge in [-0.2, -0.15) is 5.10 Å². The van der Waals surface area contributed by atoms with E-state index in [-0.39, 0.29) is 17.9 Å². The van der Waals surface area contributed by atoms with Crippen LogP contribution in [0, 0.1) is 19.8 Å². The van der Waals surface area contributed by atoms with Gasteiger partial charge in [-0.1, -0.05) is 6.92 Å². The number of nitrogens with one attached hydrogen (secondary N) is 1. The number of rotatable bonds is 4. The lowest BCUT2D eigenvalue weighted by Crippen LogP contribution is -2.40. The van der Waals surface area contributed by atoms with Gasteiger partial charge in [-0.25, -0.2) is 0 Å². The summed E-state index contributed by atoms with van der Waals surface area (Å²) in [4.78, 5) is 12.1. The molecule has 0 aliphatic rings. The second-order valence-electron chi connectivity index (χ2n) is 4.64. The molecule has 96 valence electrons. The van der Waals surface area contributed by atoms with Crippen molar-refractivity contribution in [3.63, 3.8) is 0 Å². The summed E-state index contributed by atoms with van der Waals surface area (Å²) in [7, 11) is 1.84. The third-order valence-corrected chi connectivity index (χ3v) is 3.32. The van der Waals surface area contributed by atoms with Gasteiger partial charge in [-0.15, -0.1) is 0 Å². The number of carbonyl (C=O) groups is 1. The maximum absolute atomic E-state index is 12.1. The van der Waals surface area contributed by atoms with E-state index in [1.807, 2.05) is 34.7 Å². The Balaban J connectivity index is 2.83. The van der Waals surface area contributed by atoms with Crippen molar-refractivity contribution in [1.82, 2.24) is 15.1 Å². The van der Waals surface area contributed by atoms with E-state index in [2.05, 4.69) is 10.4 Å². The van der Waals surface area contributed by atoms with Crippen molar-refractivity contribution in [2.75, 3.05) is 6.54 Å². The number of carbonyl (C=O) groups excluding carboxylic acids is 1. The van der Waals surface area contributed by atoms with Gasteiger partial charge in [-0.05, 0) is 33.2 Å². The molecule has 0 aliphatic heterocycles. The van der Waals surface area contributed by atoms with Crippen LogP contribution in [0.4, 0.5) is 0 Å². The van der Waals surface area contributed by atoms with Crippen molar-refractivity contribution in [3.05, 3.63) is 17.0 Å². The van der Waals surface area contributed by atoms with Crippen molar-refractivity contribution in [2.45, 2.75) is 33.7 Å². The Hall–Kier alpha value is -1.36. The van der Waals surface area contributed by atoms with Crippen LogP contribution < -0.4 is 11.1 Å². The number of hydrogen-bond donors (Lipinski definition) is 2. The standard InChI is InChI=1S/C12H22N4O/c1-7(6-13)8(2)14-12(17)11-9(3)15-16(5)10(11)4/h7-8H,6,13H2,1-5H3,(H,14,17). The van der Waals surface area contributed by atoms with Gasteiger partial charge in [0.25, 0.3) is 5.91 Å². The van der Waals surface area contributed by atoms with Crippen molar-refractivity contribution < 1.29 is 4.79 Å². The summed E-state index contributed by atoms with van der Waals surface area (Å²) in [5.41, 5.74) is 7.89. The SMILES string of the molecule is Cc1nn(C)c(C)c1C(=O)NC(C)C(C)CN. The van der Waals surface area contributed by atoms with E-state index in [0.717, 1.165) is 11.4 Å². The van der Waals surface area contributed by atoms with Gasteiger partial charge in [0.1, 0.15) is 0 Å². The molecule has 17 heavy (non-hydrogen) atoms. The number of aryl methyl sites for hydroxylation is 2. The van der Waals surface area contributed by atoms with Crippen molar-refractivity contribution in [2.24, 2.45) is 18.7 Å². The number of nitrogens with zero attached hydrogens (tertiary/aromatic N) is 2. The van der Waals surface area contributed by atoms with Crippen LogP contribution in [0.1, 0.15) is 35.6 Å². The van der Waals surface area contributed by atoms with Crippen LogP contribution in [0.25, 0.3) is 0 Å². The molecule has 1 amide bonds. The maximum Gasteiger partial charge on any atom is 0.255 e. The summed E-state index contributed by atoms with van der Waals surface area (Å²) >= 11 is 0. The van der Waals surface area contributed by atoms with Gasteiger partial charge >= 0.3 is 0 Å². The van der Waals surface area contributed by atoms with E-state index in [1.165, 1.54) is 0 Å². The third kappa shape index (κ3) is 2.85. The Bertz CT molecular complexity index is 411. The van der Waals surface area contributed by atoms with E-state index >= 15 is 0 Å². The third-order valence-electron chi connectivity index (χ3n) is 3.32. The zero-order valence-corrected chi connectivity index (χ0v) is 11.2. The average molecular weight is 238 g/mol. The molecular weight excluding hydrogens is 216 g/mol. The number of aromatic nitrogens is 2. The topological polar surface area (TPSA) is 72.9 Å². The van der Waals surface area contributed by atoms with Crippen LogP contribution in [0.15, 0.2) is 0 Å². The lowest BCUT2D eigenvalue weighted by Gasteiger charge is -2.19. The Morgan fingerprint density at radius 1 is 1.47 bits per heavy atom. The first-order chi connectivity index (χ1) is 7.88. The molecule has 0 aromatic carbocycles. The molecule has 1 aromatic heterocycles. The molecule has 0 bridgehead atoms. The van der Waals surface area contributed by atoms with Crippen LogP contribution in [-0.4, -0.2) is 28.3 Å². The highest BCUT2D eigenvalue weighted by atomic mass is 16.1. The molecule has 1 rings (SSSR count). The molecule has 0 fully saturated rings. The largest absolute Gasteiger partial charge is 0.349 e. The summed E-state index contributed by atoms with van der Waals surface area (Å²) in [6.07, 6.45) is 0. The highest BCUT2D eigenvalue weighted by Gasteiger charge is 2.20. The van der Waals surface area contributed by atoms with Crippen molar-refractivity contribution in [1.29, 1.82) is 0 Å². The van der Waals surface area contributed by atoms with Crippen LogP contribution in [-0.2, 0) is 7.05 Å². The monoisotopic (exact) mass is 238 g/mol. The Morgan fingerprint density at radius 3 is 2.47 bits per heavy atom. The fourth-order valence-corrected chi connectivity index (χ4v) is 1.73. The normalized spacial score (nSPS) is 14.5. The molecule has 5 nitrogen and oxygen atoms in total. The van der Waals surface area contributed by atoms with Crippen molar-refractivity contribution >= 4 is 5.91 Å². The molecule has 0 spiro atoms. The van der Waals surface area contributed by atoms with E-state index in [1.54, 1.807) is 4.68 Å². The van der Waals surface area contributed by atoms with E-state index in [9.17, 15) is 4.79 Å². The molecule has 0 aliphatic carbocycles. The minimum absolute atomic E-state index is 0.0616. The first-order valence-corrected chi connectivity index (χ1v) is 5.89. The van der Waals surface area contributed by atoms with Gasteiger partial charge in [0.2, 0.25) is 0 Å². The molecule has 2 atom stereocenters. The summed E-state index contributed by atoms with van der Waals surface area (Å²) in [5.74, 6) is 0.192. The molecule has 3 N–H and O–H groups in total. The van der Waals surface area contributed by atoms with Crippen LogP contribution in [0.2, 0.25) is 0 Å². The van der Waals surface area contributed by atoms with Crippen LogP contribution in [0.3, 0.4) is 0 Å². The molecule has 2 unspecified atom stereocenters. The lowest BCUT2D eigenvalue weighted by molar-refractivity contribution is 0.0928. The second-order valence-corrected chi connectivity index (χ2v) is 4.64. The quantitative estimate of drug-likeness (QED) is 0.813. The van der Waals surface area contributed by atoms with Gasteiger partial charge in [0, 0.05) is 18.8 Å². The summed E-state index contributed by atoms with van der Waals surface area (Å²) in [6, 6.07) is 0.0616. The first-order valence-electron chi connectivity index (χ1n) is 5.89. The Morgan fingerprint density at radius 2 is 2.06 bits per heavy atom. The first kappa shape index (κ1) is 13.7. The molecule has 0 saturated heterocycles. The average Bonchev–Trinajstić information content (AvgIpc) is 2.51. The number of hydrogen-bond acceptors (Lipinski definition) is 3. The Kier molecular flexibility index (Phi) is 4.28. The second kappa shape index (κ2) is 5.31. The highest BCUT2D eigenvalue weighted by molar-refractivity contribution is 5.96. The zero-order chi connectivity index (χ0) is 13.2. The summed E-state index contributed by atoms with van der Waals surface area (Å²) < 4.78 is 1.72. The molecule has 1 heterocycles. The smallest absolute Gasteiger partial charge is 0.255 e. The molecule has 1 aromatic rings. The molecule has 0 radical (unpaired) electrons. The van der Waals surface area contributed by atoms with Crippen LogP contribution >= 0.6 is 0 Å². The molecule has 0 saturated carbocycles. The zero-order valence-electron chi connectivity index (χ0n) is 11.2. The van der Waals surface area contributed by atoms with Crippen molar-refractivity contribution in [3.8, 4) is 0 Å². The minimum atomic E-state index is -0.0686. The van der Waals surface area contributed by atoms with Gasteiger partial charge < -0.3 is 11.1 Å². The van der Waals surface area contributed by atoms with E-state index in [4.69, 9.17) is 5.73 Å². The number of nitrogens with two attached hydrogens (primary N) is 1. The lowest BCUT2D eigenvalue weighted by atomic mass is 10.0. The fourth-order valence-electron chi connectivity index (χ4n) is 1.73. The van der Waals surface area contributed by atoms with E-state index in [0.29, 0.717) is 12.1 Å². The highest BCUT2D eigenvalue weighted by Crippen LogP contribution is 2.12. The van der Waals surface area contributed by atoms with E-state index < -0.39 is 0 Å². The predicted octanol–water partition coefficient (Wildman–Crippen LogP) is 0.750. The fraction of sp³-hybridized carbons (Fsp3) is 0.667. The number of amides is 1. The summed E-state index contributed by atoms with van der Waals surface area (Å²) in [6.45, 7) is 8.29. The van der Waals surface area contributed by atoms with Gasteiger partial charge in [-0.3, -0.25) is 9.48 Å². The van der Waals surface area contributed by atoms with Gasteiger partial charge in [0.05, 0.1) is 11.3 Å². The van der Waals surface area contributed by atoms with Gasteiger partial charge in [0.15, 0.2) is 0 Å². The molecular formula is C12H22N4O. The predicted molar refractivity (Wildman–Crippen MR) is 67.8 cm³/mol. The maximum atomic E-state index is 12.1. The van der Waals surface area contributed by atoms with Crippen LogP contribution in [0.5, 0.6) is 0 Å². The minimum Gasteiger partial charge on any atom is -0.349 e. The Labute approximate surface area is 102 Å². The molecule has 5 heteroatoms.